The first kappa shape index (κ1) is 15.8. The predicted octanol–water partition coefficient (Wildman–Crippen LogP) is 4.03. The van der Waals surface area contributed by atoms with Crippen LogP contribution in [0.4, 0.5) is 0 Å². The van der Waals surface area contributed by atoms with E-state index in [-0.39, 0.29) is 6.10 Å². The molecule has 2 aromatic rings. The molecule has 3 rings (SSSR count). The lowest BCUT2D eigenvalue weighted by molar-refractivity contribution is 0.108. The van der Waals surface area contributed by atoms with Gasteiger partial charge < -0.3 is 14.8 Å². The molecule has 1 N–H and O–H groups in total. The molecule has 1 aliphatic heterocycles. The largest absolute Gasteiger partial charge is 0.484 e. The Kier molecular flexibility index (Phi) is 5.48. The molecule has 0 aliphatic carbocycles. The molecular weight excluding hydrogens is 288 g/mol. The molecule has 4 heteroatoms. The van der Waals surface area contributed by atoms with Crippen molar-refractivity contribution >= 4 is 0 Å². The normalized spacial score (nSPS) is 19.1. The fourth-order valence-electron chi connectivity index (χ4n) is 3.01. The van der Waals surface area contributed by atoms with Gasteiger partial charge in [-0.15, -0.1) is 0 Å². The van der Waals surface area contributed by atoms with E-state index in [1.54, 1.807) is 6.20 Å². The van der Waals surface area contributed by atoms with Crippen molar-refractivity contribution in [1.29, 1.82) is 0 Å². The molecule has 0 radical (unpaired) electrons. The first-order valence-electron chi connectivity index (χ1n) is 8.42. The van der Waals surface area contributed by atoms with Crippen molar-refractivity contribution in [3.63, 3.8) is 0 Å². The van der Waals surface area contributed by atoms with E-state index in [0.29, 0.717) is 17.5 Å². The quantitative estimate of drug-likeness (QED) is 0.874. The summed E-state index contributed by atoms with van der Waals surface area (Å²) in [5.41, 5.74) is 0. The van der Waals surface area contributed by atoms with Crippen LogP contribution in [0.3, 0.4) is 0 Å². The zero-order valence-corrected chi connectivity index (χ0v) is 13.6. The zero-order valence-electron chi connectivity index (χ0n) is 13.6. The van der Waals surface area contributed by atoms with Gasteiger partial charge in [-0.1, -0.05) is 25.1 Å². The molecule has 1 fully saturated rings. The third-order valence-electron chi connectivity index (χ3n) is 4.24. The van der Waals surface area contributed by atoms with E-state index in [1.165, 1.54) is 12.8 Å². The summed E-state index contributed by atoms with van der Waals surface area (Å²) in [5.74, 6) is 2.55. The number of hydrogen-bond donors (Lipinski definition) is 1. The lowest BCUT2D eigenvalue weighted by Gasteiger charge is -2.30. The van der Waals surface area contributed by atoms with Gasteiger partial charge in [0.15, 0.2) is 5.75 Å². The lowest BCUT2D eigenvalue weighted by Crippen LogP contribution is -2.39. The Morgan fingerprint density at radius 3 is 2.83 bits per heavy atom. The Morgan fingerprint density at radius 2 is 2.09 bits per heavy atom. The van der Waals surface area contributed by atoms with Gasteiger partial charge in [0.05, 0.1) is 0 Å². The first-order valence-corrected chi connectivity index (χ1v) is 8.42. The number of nitrogens with zero attached hydrogens (tertiary/aromatic N) is 1. The number of pyridine rings is 1. The summed E-state index contributed by atoms with van der Waals surface area (Å²) in [6.45, 7) is 4.31. The fraction of sp³-hybridized carbons (Fsp3) is 0.421. The Morgan fingerprint density at radius 1 is 1.22 bits per heavy atom. The van der Waals surface area contributed by atoms with Gasteiger partial charge in [0.2, 0.25) is 0 Å². The summed E-state index contributed by atoms with van der Waals surface area (Å²) in [5, 5.41) is 3.46. The fourth-order valence-corrected chi connectivity index (χ4v) is 3.01. The van der Waals surface area contributed by atoms with Crippen LogP contribution in [-0.2, 0) is 0 Å². The van der Waals surface area contributed by atoms with Crippen LogP contribution in [0.2, 0.25) is 0 Å². The molecule has 23 heavy (non-hydrogen) atoms. The number of benzene rings is 1. The first-order chi connectivity index (χ1) is 11.4. The lowest BCUT2D eigenvalue weighted by atomic mass is 9.92. The van der Waals surface area contributed by atoms with Crippen molar-refractivity contribution in [2.24, 2.45) is 5.92 Å². The van der Waals surface area contributed by atoms with Crippen LogP contribution in [0.1, 0.15) is 26.2 Å². The maximum Gasteiger partial charge on any atom is 0.262 e. The second-order valence-electron chi connectivity index (χ2n) is 5.89. The number of piperidine rings is 1. The van der Waals surface area contributed by atoms with Crippen molar-refractivity contribution in [2.45, 2.75) is 32.3 Å². The Labute approximate surface area is 137 Å². The van der Waals surface area contributed by atoms with Gasteiger partial charge in [-0.25, -0.2) is 4.98 Å². The van der Waals surface area contributed by atoms with Crippen LogP contribution in [0.5, 0.6) is 17.4 Å². The molecular formula is C19H24N2O2. The van der Waals surface area contributed by atoms with E-state index in [9.17, 15) is 0 Å². The van der Waals surface area contributed by atoms with E-state index in [4.69, 9.17) is 9.47 Å². The van der Waals surface area contributed by atoms with E-state index < -0.39 is 0 Å². The van der Waals surface area contributed by atoms with E-state index in [0.717, 1.165) is 25.3 Å². The summed E-state index contributed by atoms with van der Waals surface area (Å²) in [6.07, 6.45) is 5.32. The monoisotopic (exact) mass is 312 g/mol. The number of hydrogen-bond acceptors (Lipinski definition) is 4. The van der Waals surface area contributed by atoms with E-state index >= 15 is 0 Å². The summed E-state index contributed by atoms with van der Waals surface area (Å²) in [7, 11) is 0. The van der Waals surface area contributed by atoms with Crippen molar-refractivity contribution < 1.29 is 9.47 Å². The topological polar surface area (TPSA) is 43.4 Å². The summed E-state index contributed by atoms with van der Waals surface area (Å²) < 4.78 is 12.2. The molecule has 2 heterocycles. The SMILES string of the molecule is CCC(Oc1cccnc1Oc1ccccc1)C1CCCNC1. The molecule has 0 bridgehead atoms. The third-order valence-corrected chi connectivity index (χ3v) is 4.24. The van der Waals surface area contributed by atoms with Crippen LogP contribution in [0.25, 0.3) is 0 Å². The average Bonchev–Trinajstić information content (AvgIpc) is 2.62. The minimum Gasteiger partial charge on any atom is -0.484 e. The smallest absolute Gasteiger partial charge is 0.262 e. The predicted molar refractivity (Wildman–Crippen MR) is 91.1 cm³/mol. The minimum absolute atomic E-state index is 0.185. The third kappa shape index (κ3) is 4.23. The molecule has 0 saturated carbocycles. The van der Waals surface area contributed by atoms with E-state index in [2.05, 4.69) is 17.2 Å². The van der Waals surface area contributed by atoms with Crippen LogP contribution in [0.15, 0.2) is 48.7 Å². The second kappa shape index (κ2) is 7.97. The van der Waals surface area contributed by atoms with Crippen LogP contribution in [0, 0.1) is 5.92 Å². The highest BCUT2D eigenvalue weighted by atomic mass is 16.5. The summed E-state index contributed by atoms with van der Waals surface area (Å²) >= 11 is 0. The molecule has 2 unspecified atom stereocenters. The number of para-hydroxylation sites is 1. The molecule has 0 amide bonds. The number of aromatic nitrogens is 1. The highest BCUT2D eigenvalue weighted by Gasteiger charge is 2.25. The van der Waals surface area contributed by atoms with Crippen molar-refractivity contribution in [2.75, 3.05) is 13.1 Å². The van der Waals surface area contributed by atoms with Crippen LogP contribution < -0.4 is 14.8 Å². The second-order valence-corrected chi connectivity index (χ2v) is 5.89. The molecule has 0 spiro atoms. The number of rotatable bonds is 6. The minimum atomic E-state index is 0.185. The summed E-state index contributed by atoms with van der Waals surface area (Å²) in [4.78, 5) is 4.34. The number of ether oxygens (including phenoxy) is 2. The van der Waals surface area contributed by atoms with Gasteiger partial charge in [0.25, 0.3) is 5.88 Å². The highest BCUT2D eigenvalue weighted by Crippen LogP contribution is 2.31. The van der Waals surface area contributed by atoms with Gasteiger partial charge in [0, 0.05) is 18.7 Å². The standard InChI is InChI=1S/C19H24N2O2/c1-2-17(15-8-6-12-20-14-15)23-18-11-7-13-21-19(18)22-16-9-4-3-5-10-16/h3-5,7,9-11,13,15,17,20H,2,6,8,12,14H2,1H3. The molecule has 122 valence electrons. The maximum absolute atomic E-state index is 6.28. The Hall–Kier alpha value is -2.07. The maximum atomic E-state index is 6.28. The van der Waals surface area contributed by atoms with Gasteiger partial charge in [0.1, 0.15) is 11.9 Å². The Bertz CT molecular complexity index is 597. The van der Waals surface area contributed by atoms with Crippen molar-refractivity contribution in [3.05, 3.63) is 48.7 Å². The highest BCUT2D eigenvalue weighted by molar-refractivity contribution is 5.37. The molecule has 1 aromatic carbocycles. The van der Waals surface area contributed by atoms with Gasteiger partial charge >= 0.3 is 0 Å². The van der Waals surface area contributed by atoms with Gasteiger partial charge in [-0.2, -0.15) is 0 Å². The van der Waals surface area contributed by atoms with Crippen molar-refractivity contribution in [3.8, 4) is 17.4 Å². The van der Waals surface area contributed by atoms with Gasteiger partial charge in [-0.05, 0) is 50.1 Å². The number of nitrogens with one attached hydrogen (secondary N) is 1. The zero-order chi connectivity index (χ0) is 15.9. The molecule has 1 aromatic heterocycles. The van der Waals surface area contributed by atoms with Crippen molar-refractivity contribution in [1.82, 2.24) is 10.3 Å². The van der Waals surface area contributed by atoms with Crippen LogP contribution in [-0.4, -0.2) is 24.2 Å². The average molecular weight is 312 g/mol. The van der Waals surface area contributed by atoms with Crippen LogP contribution >= 0.6 is 0 Å². The molecule has 2 atom stereocenters. The van der Waals surface area contributed by atoms with E-state index in [1.807, 2.05) is 42.5 Å². The van der Waals surface area contributed by atoms with Gasteiger partial charge in [-0.3, -0.25) is 0 Å². The molecule has 1 aliphatic rings. The Balaban J connectivity index is 1.73. The molecule has 1 saturated heterocycles. The molecule has 4 nitrogen and oxygen atoms in total. The summed E-state index contributed by atoms with van der Waals surface area (Å²) in [6, 6.07) is 13.5.